The predicted molar refractivity (Wildman–Crippen MR) is 243 cm³/mol. The van der Waals surface area contributed by atoms with Crippen LogP contribution in [-0.4, -0.2) is 125 Å². The minimum atomic E-state index is -1.05. The van der Waals surface area contributed by atoms with Crippen LogP contribution in [0.25, 0.3) is 33.4 Å². The average molecular weight is 885 g/mol. The maximum atomic E-state index is 14.6. The van der Waals surface area contributed by atoms with E-state index < -0.39 is 41.3 Å². The van der Waals surface area contributed by atoms with Crippen molar-refractivity contribution in [3.05, 3.63) is 58.2 Å². The van der Waals surface area contributed by atoms with Gasteiger partial charge in [0, 0.05) is 98.8 Å². The molecule has 1 aromatic carbocycles. The van der Waals surface area contributed by atoms with E-state index in [9.17, 15) is 19.2 Å². The monoisotopic (exact) mass is 884 g/mol. The number of fused-ring (bicyclic) bond motifs is 6. The number of amides is 4. The van der Waals surface area contributed by atoms with Crippen molar-refractivity contribution in [3.63, 3.8) is 0 Å². The molecule has 2 fully saturated rings. The SMILES string of the molecule is CCn1c(-c2cccnc2[C@H](C)OC)c2c3cc(ccc31)-c1csc(n1)C[C@H](NC(=O)[C@H](C(C)C)N(C)C(=O)N1CC([C@@H](C)OC)C1)C(=O)N1CCC[C@H](N1)C(=O)OCC(C)(C)C2. The van der Waals surface area contributed by atoms with Gasteiger partial charge in [0.25, 0.3) is 5.91 Å². The number of likely N-dealkylation sites (N-methyl/N-ethyl adjacent to an activating group) is 1. The Morgan fingerprint density at radius 2 is 1.87 bits per heavy atom. The fourth-order valence-electron chi connectivity index (χ4n) is 9.25. The fourth-order valence-corrected chi connectivity index (χ4v) is 10.1. The highest BCUT2D eigenvalue weighted by atomic mass is 32.1. The zero-order valence-corrected chi connectivity index (χ0v) is 39.2. The second-order valence-electron chi connectivity index (χ2n) is 18.5. The third-order valence-corrected chi connectivity index (χ3v) is 13.9. The first-order chi connectivity index (χ1) is 30.0. The Morgan fingerprint density at radius 1 is 1.11 bits per heavy atom. The maximum Gasteiger partial charge on any atom is 0.324 e. The molecule has 2 N–H and O–H groups in total. The van der Waals surface area contributed by atoms with Gasteiger partial charge in [0.05, 0.1) is 40.9 Å². The van der Waals surface area contributed by atoms with Crippen LogP contribution in [0.5, 0.6) is 0 Å². The molecule has 3 aliphatic heterocycles. The van der Waals surface area contributed by atoms with Gasteiger partial charge in [-0.05, 0) is 75.8 Å². The van der Waals surface area contributed by atoms with E-state index in [0.717, 1.165) is 44.7 Å². The number of nitrogens with one attached hydrogen (secondary N) is 2. The molecule has 0 unspecified atom stereocenters. The van der Waals surface area contributed by atoms with Crippen molar-refractivity contribution < 1.29 is 33.4 Å². The molecule has 4 aromatic rings. The van der Waals surface area contributed by atoms with Gasteiger partial charge in [-0.2, -0.15) is 0 Å². The molecule has 6 bridgehead atoms. The lowest BCUT2D eigenvalue weighted by Gasteiger charge is -2.45. The number of esters is 1. The quantitative estimate of drug-likeness (QED) is 0.175. The van der Waals surface area contributed by atoms with E-state index in [0.29, 0.717) is 50.4 Å². The molecule has 7 rings (SSSR count). The van der Waals surface area contributed by atoms with E-state index in [1.165, 1.54) is 21.2 Å². The van der Waals surface area contributed by atoms with Crippen LogP contribution in [0, 0.1) is 17.3 Å². The van der Waals surface area contributed by atoms with E-state index in [4.69, 9.17) is 24.2 Å². The van der Waals surface area contributed by atoms with Crippen molar-refractivity contribution >= 4 is 46.1 Å². The summed E-state index contributed by atoms with van der Waals surface area (Å²) in [5, 5.41) is 8.18. The van der Waals surface area contributed by atoms with E-state index in [1.54, 1.807) is 32.4 Å². The molecule has 0 spiro atoms. The van der Waals surface area contributed by atoms with E-state index in [1.807, 2.05) is 39.1 Å². The summed E-state index contributed by atoms with van der Waals surface area (Å²) in [5.41, 5.74) is 9.37. The van der Waals surface area contributed by atoms with Gasteiger partial charge < -0.3 is 33.9 Å². The third-order valence-electron chi connectivity index (χ3n) is 13.0. The van der Waals surface area contributed by atoms with Gasteiger partial charge in [-0.3, -0.25) is 24.4 Å². The first kappa shape index (κ1) is 46.1. The predicted octanol–water partition coefficient (Wildman–Crippen LogP) is 6.25. The number of methoxy groups -OCH3 is 2. The van der Waals surface area contributed by atoms with Crippen LogP contribution in [0.15, 0.2) is 41.9 Å². The van der Waals surface area contributed by atoms with Gasteiger partial charge in [0.15, 0.2) is 0 Å². The molecule has 340 valence electrons. The highest BCUT2D eigenvalue weighted by Gasteiger charge is 2.41. The molecule has 0 aliphatic carbocycles. The lowest BCUT2D eigenvalue weighted by Crippen LogP contribution is -2.63. The Labute approximate surface area is 374 Å². The van der Waals surface area contributed by atoms with Gasteiger partial charge in [-0.15, -0.1) is 11.3 Å². The number of rotatable bonds is 10. The normalized spacial score (nSPS) is 21.1. The average Bonchev–Trinajstić information content (AvgIpc) is 3.85. The zero-order valence-electron chi connectivity index (χ0n) is 38.4. The molecule has 0 radical (unpaired) electrons. The number of aryl methyl sites for hydroxylation is 1. The molecule has 6 heterocycles. The van der Waals surface area contributed by atoms with Crippen LogP contribution in [0.1, 0.15) is 83.7 Å². The number of cyclic esters (lactones) is 1. The Morgan fingerprint density at radius 3 is 2.57 bits per heavy atom. The fraction of sp³-hybridized carbons (Fsp3) is 0.574. The summed E-state index contributed by atoms with van der Waals surface area (Å²) >= 11 is 1.42. The number of ether oxygens (including phenoxy) is 3. The van der Waals surface area contributed by atoms with Crippen molar-refractivity contribution in [2.75, 3.05) is 47.5 Å². The number of pyridine rings is 1. The summed E-state index contributed by atoms with van der Waals surface area (Å²) in [5.74, 6) is -1.32. The minimum absolute atomic E-state index is 0.0163. The standard InChI is InChI=1S/C47H64N8O7S/c1-11-54-38-17-16-30-20-33(38)34(42(54)32-14-12-18-48-40(32)29(5)61-10)22-47(6,7)26-62-45(58)35-15-13-19-55(51-35)44(57)36(21-39-49-37(30)25-63-39)50-43(56)41(27(2)3)52(8)46(59)53-23-31(24-53)28(4)60-9/h12,14,16-18,20,25,27-29,31,35-36,41,51H,11,13,15,19,21-24,26H2,1-10H3,(H,50,56)/t28-,29+,35+,36+,41+/m1/s1. The van der Waals surface area contributed by atoms with Gasteiger partial charge in [0.1, 0.15) is 18.1 Å². The van der Waals surface area contributed by atoms with Crippen LogP contribution in [0.3, 0.4) is 0 Å². The number of hydrogen-bond acceptors (Lipinski definition) is 11. The number of hydrogen-bond donors (Lipinski definition) is 2. The first-order valence-electron chi connectivity index (χ1n) is 22.2. The lowest BCUT2D eigenvalue weighted by atomic mass is 9.84. The van der Waals surface area contributed by atoms with E-state index in [2.05, 4.69) is 60.3 Å². The minimum Gasteiger partial charge on any atom is -0.464 e. The highest BCUT2D eigenvalue weighted by Crippen LogP contribution is 2.42. The number of benzene rings is 1. The first-order valence-corrected chi connectivity index (χ1v) is 23.1. The van der Waals surface area contributed by atoms with Crippen LogP contribution < -0.4 is 10.7 Å². The molecular weight excluding hydrogens is 821 g/mol. The summed E-state index contributed by atoms with van der Waals surface area (Å²) in [6, 6.07) is 7.53. The second-order valence-corrected chi connectivity index (χ2v) is 19.4. The number of thiazole rings is 1. The molecule has 2 saturated heterocycles. The number of aromatic nitrogens is 3. The van der Waals surface area contributed by atoms with E-state index >= 15 is 0 Å². The van der Waals surface area contributed by atoms with Crippen molar-refractivity contribution in [2.45, 2.75) is 111 Å². The van der Waals surface area contributed by atoms with Crippen LogP contribution in [0.2, 0.25) is 0 Å². The van der Waals surface area contributed by atoms with Gasteiger partial charge >= 0.3 is 12.0 Å². The van der Waals surface area contributed by atoms with Crippen LogP contribution in [-0.2, 0) is 48.0 Å². The summed E-state index contributed by atoms with van der Waals surface area (Å²) in [4.78, 5) is 69.5. The Kier molecular flexibility index (Phi) is 13.9. The molecule has 0 saturated carbocycles. The maximum absolute atomic E-state index is 14.6. The number of carbonyl (C=O) groups is 4. The topological polar surface area (TPSA) is 160 Å². The van der Waals surface area contributed by atoms with Crippen LogP contribution >= 0.6 is 11.3 Å². The molecule has 4 amide bonds. The zero-order chi connectivity index (χ0) is 45.3. The number of likely N-dealkylation sites (tertiary alicyclic amines) is 1. The Hall–Kier alpha value is -4.90. The molecule has 63 heavy (non-hydrogen) atoms. The number of nitrogens with zero attached hydrogens (tertiary/aromatic N) is 6. The van der Waals surface area contributed by atoms with Crippen molar-refractivity contribution in [3.8, 4) is 22.5 Å². The number of carbonyl (C=O) groups excluding carboxylic acids is 4. The van der Waals surface area contributed by atoms with Crippen molar-refractivity contribution in [2.24, 2.45) is 17.3 Å². The number of hydrazine groups is 1. The molecule has 3 aromatic heterocycles. The third kappa shape index (κ3) is 9.50. The molecule has 5 atom stereocenters. The van der Waals surface area contributed by atoms with Gasteiger partial charge in [0.2, 0.25) is 5.91 Å². The lowest BCUT2D eigenvalue weighted by molar-refractivity contribution is -0.155. The molecular formula is C47H64N8O7S. The Balaban J connectivity index is 1.27. The van der Waals surface area contributed by atoms with Gasteiger partial charge in [-0.25, -0.2) is 15.2 Å². The summed E-state index contributed by atoms with van der Waals surface area (Å²) in [6.45, 7) is 16.4. The smallest absolute Gasteiger partial charge is 0.324 e. The second kappa shape index (κ2) is 19.1. The number of urea groups is 1. The molecule has 15 nitrogen and oxygen atoms in total. The molecule has 3 aliphatic rings. The largest absolute Gasteiger partial charge is 0.464 e. The summed E-state index contributed by atoms with van der Waals surface area (Å²) < 4.78 is 19.7. The van der Waals surface area contributed by atoms with Crippen molar-refractivity contribution in [1.29, 1.82) is 0 Å². The summed E-state index contributed by atoms with van der Waals surface area (Å²) in [7, 11) is 4.99. The Bertz CT molecular complexity index is 2320. The van der Waals surface area contributed by atoms with Crippen molar-refractivity contribution in [1.82, 2.24) is 40.1 Å². The highest BCUT2D eigenvalue weighted by molar-refractivity contribution is 7.10. The summed E-state index contributed by atoms with van der Waals surface area (Å²) in [6.07, 6.45) is 3.30. The molecule has 16 heteroatoms. The van der Waals surface area contributed by atoms with E-state index in [-0.39, 0.29) is 43.1 Å². The van der Waals surface area contributed by atoms with Crippen LogP contribution in [0.4, 0.5) is 4.79 Å². The van der Waals surface area contributed by atoms with Gasteiger partial charge in [-0.1, -0.05) is 33.8 Å².